The van der Waals surface area contributed by atoms with E-state index in [9.17, 15) is 18.0 Å². The molecular weight excluding hydrogens is 343 g/mol. The number of rotatable bonds is 4. The average molecular weight is 352 g/mol. The van der Waals surface area contributed by atoms with Crippen LogP contribution in [0.25, 0.3) is 0 Å². The predicted octanol–water partition coefficient (Wildman–Crippen LogP) is 3.32. The number of hydrogen-bond acceptors (Lipinski definition) is 4. The molecule has 1 aromatic carbocycles. The molecule has 20 heavy (non-hydrogen) atoms. The van der Waals surface area contributed by atoms with Crippen LogP contribution in [0.3, 0.4) is 0 Å². The summed E-state index contributed by atoms with van der Waals surface area (Å²) >= 11 is 3.06. The fraction of sp³-hybridized carbons (Fsp3) is 0.333. The van der Waals surface area contributed by atoms with Crippen LogP contribution in [0.2, 0.25) is 0 Å². The predicted molar refractivity (Wildman–Crippen MR) is 65.9 cm³/mol. The number of benzene rings is 1. The maximum atomic E-state index is 12.4. The zero-order valence-electron chi connectivity index (χ0n) is 10.3. The first kappa shape index (κ1) is 16.3. The fourth-order valence-electron chi connectivity index (χ4n) is 1.47. The van der Waals surface area contributed by atoms with Crippen molar-refractivity contribution in [1.82, 2.24) is 0 Å². The van der Waals surface area contributed by atoms with E-state index < -0.39 is 24.5 Å². The van der Waals surface area contributed by atoms with Gasteiger partial charge in [0.15, 0.2) is 5.75 Å². The van der Waals surface area contributed by atoms with Crippen LogP contribution in [0.1, 0.15) is 18.1 Å². The molecule has 0 amide bonds. The molecule has 0 aliphatic rings. The summed E-state index contributed by atoms with van der Waals surface area (Å²) in [6.07, 6.45) is -5.38. The van der Waals surface area contributed by atoms with Crippen molar-refractivity contribution < 1.29 is 27.4 Å². The number of hydrogen-bond donors (Lipinski definition) is 0. The van der Waals surface area contributed by atoms with E-state index in [0.29, 0.717) is 4.47 Å². The number of halogens is 4. The summed E-state index contributed by atoms with van der Waals surface area (Å²) in [6.45, 7) is 1.68. The summed E-state index contributed by atoms with van der Waals surface area (Å²) < 4.78 is 46.0. The summed E-state index contributed by atoms with van der Waals surface area (Å²) in [5.74, 6) is -1.39. The molecule has 0 saturated carbocycles. The lowest BCUT2D eigenvalue weighted by Crippen LogP contribution is -2.20. The van der Waals surface area contributed by atoms with Crippen LogP contribution in [-0.4, -0.2) is 18.9 Å². The number of esters is 1. The van der Waals surface area contributed by atoms with E-state index in [4.69, 9.17) is 5.26 Å². The molecule has 0 heterocycles. The Kier molecular flexibility index (Phi) is 5.39. The van der Waals surface area contributed by atoms with Crippen molar-refractivity contribution in [2.45, 2.75) is 19.7 Å². The summed E-state index contributed by atoms with van der Waals surface area (Å²) in [4.78, 5) is 11.4. The van der Waals surface area contributed by atoms with Crippen molar-refractivity contribution in [3.63, 3.8) is 0 Å². The molecule has 8 heteroatoms. The molecule has 1 rings (SSSR count). The molecule has 0 radical (unpaired) electrons. The first-order valence-electron chi connectivity index (χ1n) is 5.40. The van der Waals surface area contributed by atoms with E-state index in [1.807, 2.05) is 0 Å². The van der Waals surface area contributed by atoms with Crippen molar-refractivity contribution in [3.8, 4) is 11.8 Å². The fourth-order valence-corrected chi connectivity index (χ4v) is 1.97. The van der Waals surface area contributed by atoms with E-state index in [1.54, 1.807) is 13.0 Å². The maximum Gasteiger partial charge on any atom is 0.573 e. The Hall–Kier alpha value is -1.75. The molecule has 0 atom stereocenters. The third kappa shape index (κ3) is 4.74. The molecular formula is C12H9BrF3NO3. The normalized spacial score (nSPS) is 10.8. The van der Waals surface area contributed by atoms with Gasteiger partial charge in [0, 0.05) is 10.0 Å². The largest absolute Gasteiger partial charge is 0.573 e. The van der Waals surface area contributed by atoms with E-state index in [1.165, 1.54) is 12.1 Å². The highest BCUT2D eigenvalue weighted by atomic mass is 79.9. The number of carbonyl (C=O) groups excluding carboxylic acids is 1. The number of nitrogens with zero attached hydrogens (tertiary/aromatic N) is 1. The molecule has 108 valence electrons. The van der Waals surface area contributed by atoms with Crippen LogP contribution in [0, 0.1) is 11.3 Å². The molecule has 0 bridgehead atoms. The maximum absolute atomic E-state index is 12.4. The van der Waals surface area contributed by atoms with Crippen LogP contribution in [0.4, 0.5) is 13.2 Å². The van der Waals surface area contributed by atoms with Gasteiger partial charge in [-0.3, -0.25) is 4.79 Å². The van der Waals surface area contributed by atoms with Gasteiger partial charge in [0.2, 0.25) is 0 Å². The lowest BCUT2D eigenvalue weighted by atomic mass is 10.1. The zero-order valence-corrected chi connectivity index (χ0v) is 11.8. The van der Waals surface area contributed by atoms with Gasteiger partial charge in [0.05, 0.1) is 18.6 Å². The Morgan fingerprint density at radius 2 is 2.10 bits per heavy atom. The lowest BCUT2D eigenvalue weighted by molar-refractivity contribution is -0.275. The molecule has 0 spiro atoms. The van der Waals surface area contributed by atoms with Crippen LogP contribution >= 0.6 is 15.9 Å². The SMILES string of the molecule is CCOC(=O)Cc1cc(Br)cc(C#N)c1OC(F)(F)F. The zero-order chi connectivity index (χ0) is 15.3. The van der Waals surface area contributed by atoms with Gasteiger partial charge in [0.1, 0.15) is 6.07 Å². The van der Waals surface area contributed by atoms with Crippen molar-refractivity contribution in [2.24, 2.45) is 0 Å². The Balaban J connectivity index is 3.23. The molecule has 0 fully saturated rings. The second-order valence-electron chi connectivity index (χ2n) is 3.58. The van der Waals surface area contributed by atoms with Gasteiger partial charge in [-0.05, 0) is 19.1 Å². The monoisotopic (exact) mass is 351 g/mol. The summed E-state index contributed by atoms with van der Waals surface area (Å²) in [7, 11) is 0. The average Bonchev–Trinajstić information content (AvgIpc) is 2.31. The van der Waals surface area contributed by atoms with Gasteiger partial charge in [-0.2, -0.15) is 5.26 Å². The highest BCUT2D eigenvalue weighted by molar-refractivity contribution is 9.10. The van der Waals surface area contributed by atoms with Crippen molar-refractivity contribution in [1.29, 1.82) is 5.26 Å². The van der Waals surface area contributed by atoms with Gasteiger partial charge in [0.25, 0.3) is 0 Å². The van der Waals surface area contributed by atoms with Crippen LogP contribution < -0.4 is 4.74 Å². The van der Waals surface area contributed by atoms with Gasteiger partial charge < -0.3 is 9.47 Å². The van der Waals surface area contributed by atoms with E-state index >= 15 is 0 Å². The standard InChI is InChI=1S/C12H9BrF3NO3/c1-2-19-10(18)5-7-3-9(13)4-8(6-17)11(7)20-12(14,15)16/h3-4H,2,5H2,1H3. The van der Waals surface area contributed by atoms with E-state index in [2.05, 4.69) is 25.4 Å². The Labute approximate surface area is 121 Å². The molecule has 0 aliphatic heterocycles. The molecule has 0 saturated heterocycles. The topological polar surface area (TPSA) is 59.3 Å². The van der Waals surface area contributed by atoms with Crippen molar-refractivity contribution in [2.75, 3.05) is 6.61 Å². The number of carbonyl (C=O) groups is 1. The number of ether oxygens (including phenoxy) is 2. The lowest BCUT2D eigenvalue weighted by Gasteiger charge is -2.15. The van der Waals surface area contributed by atoms with E-state index in [0.717, 1.165) is 0 Å². The minimum absolute atomic E-state index is 0.0771. The van der Waals surface area contributed by atoms with E-state index in [-0.39, 0.29) is 17.7 Å². The molecule has 0 aliphatic carbocycles. The third-order valence-corrected chi connectivity index (χ3v) is 2.57. The Bertz CT molecular complexity index is 552. The molecule has 0 N–H and O–H groups in total. The van der Waals surface area contributed by atoms with Gasteiger partial charge in [-0.15, -0.1) is 13.2 Å². The minimum Gasteiger partial charge on any atom is -0.466 e. The van der Waals surface area contributed by atoms with Gasteiger partial charge in [-0.1, -0.05) is 15.9 Å². The first-order chi connectivity index (χ1) is 9.26. The Morgan fingerprint density at radius 3 is 2.60 bits per heavy atom. The second-order valence-corrected chi connectivity index (χ2v) is 4.50. The summed E-state index contributed by atoms with van der Waals surface area (Å²) in [5, 5.41) is 8.87. The quantitative estimate of drug-likeness (QED) is 0.780. The highest BCUT2D eigenvalue weighted by Crippen LogP contribution is 2.33. The molecule has 0 aromatic heterocycles. The Morgan fingerprint density at radius 1 is 1.45 bits per heavy atom. The van der Waals surface area contributed by atoms with Crippen molar-refractivity contribution in [3.05, 3.63) is 27.7 Å². The van der Waals surface area contributed by atoms with Gasteiger partial charge >= 0.3 is 12.3 Å². The summed E-state index contributed by atoms with van der Waals surface area (Å²) in [6, 6.07) is 4.05. The highest BCUT2D eigenvalue weighted by Gasteiger charge is 2.34. The second kappa shape index (κ2) is 6.61. The smallest absolute Gasteiger partial charge is 0.466 e. The first-order valence-corrected chi connectivity index (χ1v) is 6.20. The van der Waals surface area contributed by atoms with Crippen molar-refractivity contribution >= 4 is 21.9 Å². The third-order valence-electron chi connectivity index (χ3n) is 2.11. The number of alkyl halides is 3. The van der Waals surface area contributed by atoms with Crippen LogP contribution in [0.5, 0.6) is 5.75 Å². The van der Waals surface area contributed by atoms with Gasteiger partial charge in [-0.25, -0.2) is 0 Å². The molecule has 4 nitrogen and oxygen atoms in total. The molecule has 1 aromatic rings. The van der Waals surface area contributed by atoms with Crippen LogP contribution in [0.15, 0.2) is 16.6 Å². The minimum atomic E-state index is -4.96. The number of nitriles is 1. The molecule has 0 unspecified atom stereocenters. The summed E-state index contributed by atoms with van der Waals surface area (Å²) in [5.41, 5.74) is -0.400. The van der Waals surface area contributed by atoms with Crippen LogP contribution in [-0.2, 0) is 16.0 Å².